The molecule has 3 rings (SSSR count). The van der Waals surface area contributed by atoms with Gasteiger partial charge in [-0.05, 0) is 36.4 Å². The van der Waals surface area contributed by atoms with Crippen molar-refractivity contribution >= 4 is 37.9 Å². The molecule has 0 aliphatic rings. The van der Waals surface area contributed by atoms with Crippen LogP contribution in [0.25, 0.3) is 10.8 Å². The lowest BCUT2D eigenvalue weighted by Gasteiger charge is -2.20. The van der Waals surface area contributed by atoms with E-state index >= 15 is 0 Å². The Hall–Kier alpha value is -2.85. The maximum absolute atomic E-state index is 12.6. The average Bonchev–Trinajstić information content (AvgIpc) is 2.74. The molecule has 0 aliphatic heterocycles. The molecule has 0 radical (unpaired) electrons. The van der Waals surface area contributed by atoms with Crippen molar-refractivity contribution in [2.45, 2.75) is 4.90 Å². The summed E-state index contributed by atoms with van der Waals surface area (Å²) in [4.78, 5) is 0.0521. The summed E-state index contributed by atoms with van der Waals surface area (Å²) >= 11 is 0. The highest BCUT2D eigenvalue weighted by Gasteiger charge is 2.23. The predicted molar refractivity (Wildman–Crippen MR) is 112 cm³/mol. The molecule has 29 heavy (non-hydrogen) atoms. The molecule has 152 valence electrons. The van der Waals surface area contributed by atoms with Crippen molar-refractivity contribution in [2.24, 2.45) is 10.2 Å². The molecular formula is C20H22N4O4S. The summed E-state index contributed by atoms with van der Waals surface area (Å²) in [5.74, 6) is 0. The van der Waals surface area contributed by atoms with Gasteiger partial charge in [-0.2, -0.15) is 9.42 Å². The number of hydrogen-bond acceptors (Lipinski definition) is 7. The lowest BCUT2D eigenvalue weighted by Crippen LogP contribution is -2.35. The van der Waals surface area contributed by atoms with Crippen LogP contribution >= 0.6 is 0 Å². The van der Waals surface area contributed by atoms with Crippen LogP contribution in [0.3, 0.4) is 0 Å². The first kappa shape index (κ1) is 20.9. The van der Waals surface area contributed by atoms with Gasteiger partial charge in [0.15, 0.2) is 0 Å². The van der Waals surface area contributed by atoms with Crippen LogP contribution in [0.15, 0.2) is 75.8 Å². The van der Waals surface area contributed by atoms with E-state index in [1.165, 1.54) is 12.1 Å². The molecule has 0 unspecified atom stereocenters. The largest absolute Gasteiger partial charge is 0.398 e. The van der Waals surface area contributed by atoms with E-state index in [9.17, 15) is 8.42 Å². The fraction of sp³-hybridized carbons (Fsp3) is 0.200. The van der Waals surface area contributed by atoms with Crippen LogP contribution in [0.4, 0.5) is 17.1 Å². The number of nitrogen functional groups attached to an aromatic ring is 1. The van der Waals surface area contributed by atoms with Crippen molar-refractivity contribution in [3.05, 3.63) is 60.7 Å². The summed E-state index contributed by atoms with van der Waals surface area (Å²) in [6.07, 6.45) is 0. The minimum Gasteiger partial charge on any atom is -0.398 e. The van der Waals surface area contributed by atoms with Crippen molar-refractivity contribution in [2.75, 3.05) is 32.0 Å². The van der Waals surface area contributed by atoms with Crippen LogP contribution in [0.2, 0.25) is 0 Å². The van der Waals surface area contributed by atoms with E-state index in [-0.39, 0.29) is 31.2 Å². The SMILES string of the molecule is Nc1ccc(/N=N/c2ccc(S(=O)(=O)N(CCO)CCO)cc2)c2ccccc12. The zero-order valence-electron chi connectivity index (χ0n) is 15.6. The van der Waals surface area contributed by atoms with E-state index in [2.05, 4.69) is 10.2 Å². The predicted octanol–water partition coefficient (Wildman–Crippen LogP) is 2.81. The zero-order valence-corrected chi connectivity index (χ0v) is 16.5. The molecule has 0 aromatic heterocycles. The molecule has 0 amide bonds. The normalized spacial score (nSPS) is 12.2. The monoisotopic (exact) mass is 414 g/mol. The number of hydrogen-bond donors (Lipinski definition) is 3. The third-order valence-corrected chi connectivity index (χ3v) is 6.29. The number of aliphatic hydroxyl groups excluding tert-OH is 2. The van der Waals surface area contributed by atoms with Crippen molar-refractivity contribution in [1.82, 2.24) is 4.31 Å². The Labute approximate surface area is 169 Å². The second-order valence-electron chi connectivity index (χ2n) is 6.26. The fourth-order valence-electron chi connectivity index (χ4n) is 2.91. The van der Waals surface area contributed by atoms with Crippen LogP contribution < -0.4 is 5.73 Å². The maximum atomic E-state index is 12.6. The standard InChI is InChI=1S/C20H22N4O4S/c21-19-9-10-20(18-4-2-1-3-17(18)19)23-22-15-5-7-16(8-6-15)29(27,28)24(11-13-25)12-14-26/h1-10,25-26H,11-14,21H2/b23-22+. The summed E-state index contributed by atoms with van der Waals surface area (Å²) in [5, 5.41) is 28.4. The van der Waals surface area contributed by atoms with E-state index in [1.54, 1.807) is 24.3 Å². The van der Waals surface area contributed by atoms with Crippen LogP contribution in [-0.2, 0) is 10.0 Å². The van der Waals surface area contributed by atoms with Gasteiger partial charge in [0.2, 0.25) is 10.0 Å². The second-order valence-corrected chi connectivity index (χ2v) is 8.20. The van der Waals surface area contributed by atoms with Crippen LogP contribution in [0.5, 0.6) is 0 Å². The van der Waals surface area contributed by atoms with Gasteiger partial charge in [-0.25, -0.2) is 8.42 Å². The topological polar surface area (TPSA) is 129 Å². The first-order valence-corrected chi connectivity index (χ1v) is 10.4. The Morgan fingerprint density at radius 3 is 2.07 bits per heavy atom. The molecule has 0 bridgehead atoms. The number of aliphatic hydroxyl groups is 2. The van der Waals surface area contributed by atoms with Crippen molar-refractivity contribution < 1.29 is 18.6 Å². The molecule has 0 fully saturated rings. The van der Waals surface area contributed by atoms with Crippen molar-refractivity contribution in [3.8, 4) is 0 Å². The lowest BCUT2D eigenvalue weighted by molar-refractivity contribution is 0.217. The second kappa shape index (κ2) is 9.10. The quantitative estimate of drug-likeness (QED) is 0.386. The first-order chi connectivity index (χ1) is 14.0. The van der Waals surface area contributed by atoms with Gasteiger partial charge in [0.1, 0.15) is 0 Å². The van der Waals surface area contributed by atoms with Crippen LogP contribution in [0.1, 0.15) is 0 Å². The summed E-state index contributed by atoms with van der Waals surface area (Å²) < 4.78 is 26.3. The minimum atomic E-state index is -3.82. The third kappa shape index (κ3) is 4.60. The summed E-state index contributed by atoms with van der Waals surface area (Å²) in [6, 6.07) is 17.1. The summed E-state index contributed by atoms with van der Waals surface area (Å²) in [7, 11) is -3.82. The fourth-order valence-corrected chi connectivity index (χ4v) is 4.34. The number of rotatable bonds is 8. The zero-order chi connectivity index (χ0) is 20.9. The number of nitrogens with two attached hydrogens (primary N) is 1. The molecule has 0 aliphatic carbocycles. The molecule has 0 saturated heterocycles. The van der Waals surface area contributed by atoms with Gasteiger partial charge in [-0.15, -0.1) is 5.11 Å². The molecular weight excluding hydrogens is 392 g/mol. The Morgan fingerprint density at radius 1 is 0.828 bits per heavy atom. The summed E-state index contributed by atoms with van der Waals surface area (Å²) in [5.41, 5.74) is 7.79. The Morgan fingerprint density at radius 2 is 1.45 bits per heavy atom. The van der Waals surface area contributed by atoms with E-state index in [4.69, 9.17) is 15.9 Å². The highest BCUT2D eigenvalue weighted by Crippen LogP contribution is 2.31. The number of anilines is 1. The maximum Gasteiger partial charge on any atom is 0.243 e. The molecule has 9 heteroatoms. The Balaban J connectivity index is 1.85. The third-order valence-electron chi connectivity index (χ3n) is 4.38. The minimum absolute atomic E-state index is 0.0521. The van der Waals surface area contributed by atoms with Gasteiger partial charge in [-0.1, -0.05) is 24.3 Å². The molecule has 0 heterocycles. The number of azo groups is 1. The van der Waals surface area contributed by atoms with E-state index in [1.807, 2.05) is 24.3 Å². The van der Waals surface area contributed by atoms with Gasteiger partial charge in [-0.3, -0.25) is 0 Å². The number of benzene rings is 3. The van der Waals surface area contributed by atoms with Crippen molar-refractivity contribution in [3.63, 3.8) is 0 Å². The van der Waals surface area contributed by atoms with E-state index in [0.717, 1.165) is 15.1 Å². The van der Waals surface area contributed by atoms with E-state index < -0.39 is 10.0 Å². The number of fused-ring (bicyclic) bond motifs is 1. The highest BCUT2D eigenvalue weighted by molar-refractivity contribution is 7.89. The number of nitrogens with zero attached hydrogens (tertiary/aromatic N) is 3. The lowest BCUT2D eigenvalue weighted by atomic mass is 10.1. The highest BCUT2D eigenvalue weighted by atomic mass is 32.2. The van der Waals surface area contributed by atoms with Gasteiger partial charge in [0.25, 0.3) is 0 Å². The summed E-state index contributed by atoms with van der Waals surface area (Å²) in [6.45, 7) is -0.842. The Bertz CT molecular complexity index is 1110. The van der Waals surface area contributed by atoms with Gasteiger partial charge in [0.05, 0.1) is 29.5 Å². The smallest absolute Gasteiger partial charge is 0.243 e. The molecule has 0 spiro atoms. The molecule has 4 N–H and O–H groups in total. The average molecular weight is 414 g/mol. The Kier molecular flexibility index (Phi) is 6.55. The van der Waals surface area contributed by atoms with Gasteiger partial charge in [0, 0.05) is 29.5 Å². The number of sulfonamides is 1. The van der Waals surface area contributed by atoms with Gasteiger partial charge < -0.3 is 15.9 Å². The first-order valence-electron chi connectivity index (χ1n) is 8.98. The molecule has 0 saturated carbocycles. The molecule has 8 nitrogen and oxygen atoms in total. The van der Waals surface area contributed by atoms with E-state index in [0.29, 0.717) is 17.1 Å². The van der Waals surface area contributed by atoms with Crippen LogP contribution in [-0.4, -0.2) is 49.2 Å². The van der Waals surface area contributed by atoms with Crippen LogP contribution in [0, 0.1) is 0 Å². The molecule has 3 aromatic rings. The van der Waals surface area contributed by atoms with Gasteiger partial charge >= 0.3 is 0 Å². The van der Waals surface area contributed by atoms with Crippen molar-refractivity contribution in [1.29, 1.82) is 0 Å². The molecule has 0 atom stereocenters. The molecule has 3 aromatic carbocycles.